The quantitative estimate of drug-likeness (QED) is 0.880. The molecule has 0 bridgehead atoms. The lowest BCUT2D eigenvalue weighted by molar-refractivity contribution is -0.135. The van der Waals surface area contributed by atoms with E-state index in [4.69, 9.17) is 4.42 Å². The standard InChI is InChI=1S/C22H28N2O3/c1-14-8-19-18(13-27-20(19)9-15(14)2)10-21(25)24-7-3-4-17(12-24)22(26)23-11-16-5-6-16/h8-9,13,16-17H,3-7,10-12H2,1-2H3,(H,23,26). The molecule has 4 rings (SSSR count). The molecule has 1 atom stereocenters. The molecule has 1 aromatic heterocycles. The van der Waals surface area contributed by atoms with Gasteiger partial charge in [0.15, 0.2) is 0 Å². The summed E-state index contributed by atoms with van der Waals surface area (Å²) in [6.07, 6.45) is 6.24. The molecule has 1 aromatic carbocycles. The minimum atomic E-state index is -0.0764. The number of nitrogens with one attached hydrogen (secondary N) is 1. The summed E-state index contributed by atoms with van der Waals surface area (Å²) in [6.45, 7) is 6.19. The van der Waals surface area contributed by atoms with Crippen LogP contribution in [-0.4, -0.2) is 36.3 Å². The molecule has 0 spiro atoms. The van der Waals surface area contributed by atoms with Gasteiger partial charge in [-0.05, 0) is 68.7 Å². The van der Waals surface area contributed by atoms with Gasteiger partial charge in [0.1, 0.15) is 5.58 Å². The molecule has 5 nitrogen and oxygen atoms in total. The van der Waals surface area contributed by atoms with Crippen molar-refractivity contribution >= 4 is 22.8 Å². The summed E-state index contributed by atoms with van der Waals surface area (Å²) in [7, 11) is 0. The van der Waals surface area contributed by atoms with E-state index in [0.717, 1.165) is 42.5 Å². The predicted octanol–water partition coefficient (Wildman–Crippen LogP) is 3.36. The fraction of sp³-hybridized carbons (Fsp3) is 0.545. The molecule has 2 amide bonds. The molecule has 1 aliphatic carbocycles. The van der Waals surface area contributed by atoms with Gasteiger partial charge in [-0.25, -0.2) is 0 Å². The van der Waals surface area contributed by atoms with Gasteiger partial charge in [-0.1, -0.05) is 0 Å². The number of rotatable bonds is 5. The van der Waals surface area contributed by atoms with Crippen LogP contribution in [0.15, 0.2) is 22.8 Å². The Morgan fingerprint density at radius 3 is 2.74 bits per heavy atom. The van der Waals surface area contributed by atoms with Gasteiger partial charge in [0.05, 0.1) is 18.6 Å². The molecule has 5 heteroatoms. The zero-order valence-corrected chi connectivity index (χ0v) is 16.2. The predicted molar refractivity (Wildman–Crippen MR) is 104 cm³/mol. The van der Waals surface area contributed by atoms with E-state index in [0.29, 0.717) is 18.9 Å². The smallest absolute Gasteiger partial charge is 0.227 e. The lowest BCUT2D eigenvalue weighted by atomic mass is 9.96. The maximum absolute atomic E-state index is 12.9. The fourth-order valence-corrected chi connectivity index (χ4v) is 3.88. The van der Waals surface area contributed by atoms with Crippen LogP contribution in [0.5, 0.6) is 0 Å². The number of aryl methyl sites for hydroxylation is 2. The largest absolute Gasteiger partial charge is 0.464 e. The van der Waals surface area contributed by atoms with Crippen molar-refractivity contribution in [3.63, 3.8) is 0 Å². The molecule has 1 N–H and O–H groups in total. The molecule has 1 saturated heterocycles. The number of likely N-dealkylation sites (tertiary alicyclic amines) is 1. The average Bonchev–Trinajstić information content (AvgIpc) is 3.43. The number of hydrogen-bond acceptors (Lipinski definition) is 3. The second-order valence-corrected chi connectivity index (χ2v) is 8.24. The van der Waals surface area contributed by atoms with E-state index in [1.807, 2.05) is 11.0 Å². The lowest BCUT2D eigenvalue weighted by Crippen LogP contribution is -2.46. The second-order valence-electron chi connectivity index (χ2n) is 8.24. The Morgan fingerprint density at radius 1 is 1.19 bits per heavy atom. The van der Waals surface area contributed by atoms with Crippen molar-refractivity contribution in [1.29, 1.82) is 0 Å². The summed E-state index contributed by atoms with van der Waals surface area (Å²) >= 11 is 0. The number of piperidine rings is 1. The van der Waals surface area contributed by atoms with Crippen LogP contribution in [0.1, 0.15) is 42.4 Å². The van der Waals surface area contributed by atoms with E-state index in [1.165, 1.54) is 24.0 Å². The van der Waals surface area contributed by atoms with Crippen LogP contribution in [0.25, 0.3) is 11.0 Å². The fourth-order valence-electron chi connectivity index (χ4n) is 3.88. The van der Waals surface area contributed by atoms with Crippen molar-refractivity contribution in [2.24, 2.45) is 11.8 Å². The molecule has 2 heterocycles. The summed E-state index contributed by atoms with van der Waals surface area (Å²) in [5.74, 6) is 0.791. The third kappa shape index (κ3) is 4.02. The van der Waals surface area contributed by atoms with Gasteiger partial charge < -0.3 is 14.6 Å². The molecule has 27 heavy (non-hydrogen) atoms. The van der Waals surface area contributed by atoms with Crippen LogP contribution in [0, 0.1) is 25.7 Å². The SMILES string of the molecule is Cc1cc2occ(CC(=O)N3CCCC(C(=O)NCC4CC4)C3)c2cc1C. The zero-order chi connectivity index (χ0) is 19.0. The maximum Gasteiger partial charge on any atom is 0.227 e. The first kappa shape index (κ1) is 18.1. The molecule has 0 radical (unpaired) electrons. The van der Waals surface area contributed by atoms with Gasteiger partial charge in [-0.3, -0.25) is 9.59 Å². The topological polar surface area (TPSA) is 62.6 Å². The number of carbonyl (C=O) groups excluding carboxylic acids is 2. The highest BCUT2D eigenvalue weighted by Gasteiger charge is 2.30. The second kappa shape index (κ2) is 7.37. The number of hydrogen-bond donors (Lipinski definition) is 1. The van der Waals surface area contributed by atoms with E-state index < -0.39 is 0 Å². The Morgan fingerprint density at radius 2 is 1.96 bits per heavy atom. The van der Waals surface area contributed by atoms with Gasteiger partial charge in [-0.2, -0.15) is 0 Å². The number of amides is 2. The Labute approximate surface area is 160 Å². The van der Waals surface area contributed by atoms with E-state index in [9.17, 15) is 9.59 Å². The van der Waals surface area contributed by atoms with Crippen LogP contribution in [-0.2, 0) is 16.0 Å². The number of carbonyl (C=O) groups is 2. The summed E-state index contributed by atoms with van der Waals surface area (Å²) in [6, 6.07) is 4.13. The highest BCUT2D eigenvalue weighted by molar-refractivity contribution is 5.89. The van der Waals surface area contributed by atoms with E-state index in [2.05, 4.69) is 25.2 Å². The average molecular weight is 368 g/mol. The zero-order valence-electron chi connectivity index (χ0n) is 16.2. The number of fused-ring (bicyclic) bond motifs is 1. The van der Waals surface area contributed by atoms with E-state index in [-0.39, 0.29) is 17.7 Å². The summed E-state index contributed by atoms with van der Waals surface area (Å²) < 4.78 is 5.66. The van der Waals surface area contributed by atoms with E-state index >= 15 is 0 Å². The van der Waals surface area contributed by atoms with Crippen molar-refractivity contribution in [1.82, 2.24) is 10.2 Å². The molecule has 144 valence electrons. The number of furan rings is 1. The first-order valence-corrected chi connectivity index (χ1v) is 10.0. The van der Waals surface area contributed by atoms with Crippen LogP contribution in [0.2, 0.25) is 0 Å². The van der Waals surface area contributed by atoms with Crippen molar-refractivity contribution in [2.75, 3.05) is 19.6 Å². The van der Waals surface area contributed by atoms with Gasteiger partial charge in [0.2, 0.25) is 11.8 Å². The van der Waals surface area contributed by atoms with Crippen LogP contribution in [0.4, 0.5) is 0 Å². The van der Waals surface area contributed by atoms with Gasteiger partial charge in [-0.15, -0.1) is 0 Å². The number of nitrogens with zero attached hydrogens (tertiary/aromatic N) is 1. The van der Waals surface area contributed by atoms with Crippen LogP contribution in [0.3, 0.4) is 0 Å². The highest BCUT2D eigenvalue weighted by Crippen LogP contribution is 2.28. The minimum absolute atomic E-state index is 0.0764. The van der Waals surface area contributed by atoms with Crippen LogP contribution >= 0.6 is 0 Å². The molecule has 2 aromatic rings. The molecule has 1 saturated carbocycles. The third-order valence-corrected chi connectivity index (χ3v) is 6.02. The van der Waals surface area contributed by atoms with Crippen LogP contribution < -0.4 is 5.32 Å². The Bertz CT molecular complexity index is 866. The summed E-state index contributed by atoms with van der Waals surface area (Å²) in [4.78, 5) is 27.1. The van der Waals surface area contributed by atoms with Crippen molar-refractivity contribution in [3.8, 4) is 0 Å². The molecular formula is C22H28N2O3. The minimum Gasteiger partial charge on any atom is -0.464 e. The Kier molecular flexibility index (Phi) is 4.94. The monoisotopic (exact) mass is 368 g/mol. The highest BCUT2D eigenvalue weighted by atomic mass is 16.3. The van der Waals surface area contributed by atoms with Gasteiger partial charge >= 0.3 is 0 Å². The molecule has 1 aliphatic heterocycles. The summed E-state index contributed by atoms with van der Waals surface area (Å²) in [5.41, 5.74) is 4.14. The third-order valence-electron chi connectivity index (χ3n) is 6.02. The van der Waals surface area contributed by atoms with Crippen molar-refractivity contribution in [2.45, 2.75) is 46.0 Å². The first-order valence-electron chi connectivity index (χ1n) is 10.0. The molecule has 1 unspecified atom stereocenters. The lowest BCUT2D eigenvalue weighted by Gasteiger charge is -2.32. The van der Waals surface area contributed by atoms with Crippen molar-refractivity contribution < 1.29 is 14.0 Å². The normalized spacial score (nSPS) is 20.1. The first-order chi connectivity index (χ1) is 13.0. The van der Waals surface area contributed by atoms with Gasteiger partial charge in [0, 0.05) is 30.6 Å². The Balaban J connectivity index is 1.40. The molecule has 2 fully saturated rings. The molecular weight excluding hydrogens is 340 g/mol. The summed E-state index contributed by atoms with van der Waals surface area (Å²) in [5, 5.41) is 4.08. The van der Waals surface area contributed by atoms with E-state index in [1.54, 1.807) is 6.26 Å². The van der Waals surface area contributed by atoms with Crippen molar-refractivity contribution in [3.05, 3.63) is 35.1 Å². The number of benzene rings is 1. The maximum atomic E-state index is 12.9. The molecule has 2 aliphatic rings. The van der Waals surface area contributed by atoms with Gasteiger partial charge in [0.25, 0.3) is 0 Å². The Hall–Kier alpha value is -2.30.